The summed E-state index contributed by atoms with van der Waals surface area (Å²) in [5.74, 6) is -0.147. The van der Waals surface area contributed by atoms with Gasteiger partial charge >= 0.3 is 0 Å². The summed E-state index contributed by atoms with van der Waals surface area (Å²) in [6.45, 7) is 1.53. The van der Waals surface area contributed by atoms with Crippen LogP contribution in [0.25, 0.3) is 0 Å². The van der Waals surface area contributed by atoms with Crippen LogP contribution in [0.1, 0.15) is 24.8 Å². The number of benzene rings is 1. The molecule has 1 saturated heterocycles. The Kier molecular flexibility index (Phi) is 6.81. The first kappa shape index (κ1) is 15.9. The van der Waals surface area contributed by atoms with Gasteiger partial charge in [0.25, 0.3) is 0 Å². The highest BCUT2D eigenvalue weighted by Gasteiger charge is 2.19. The molecule has 1 aliphatic rings. The van der Waals surface area contributed by atoms with Crippen molar-refractivity contribution in [1.29, 1.82) is 0 Å². The van der Waals surface area contributed by atoms with E-state index in [9.17, 15) is 9.18 Å². The number of halogens is 2. The van der Waals surface area contributed by atoms with Crippen molar-refractivity contribution in [2.75, 3.05) is 13.1 Å². The van der Waals surface area contributed by atoms with Crippen LogP contribution in [0.3, 0.4) is 0 Å². The number of hydrogen-bond donors (Lipinski definition) is 2. The van der Waals surface area contributed by atoms with Crippen molar-refractivity contribution < 1.29 is 9.18 Å². The first-order chi connectivity index (χ1) is 8.75. The van der Waals surface area contributed by atoms with E-state index < -0.39 is 0 Å². The fourth-order valence-electron chi connectivity index (χ4n) is 2.18. The van der Waals surface area contributed by atoms with E-state index in [1.54, 1.807) is 12.1 Å². The first-order valence-corrected chi connectivity index (χ1v) is 6.51. The largest absolute Gasteiger partial charge is 0.354 e. The van der Waals surface area contributed by atoms with E-state index in [-0.39, 0.29) is 30.2 Å². The van der Waals surface area contributed by atoms with Crippen molar-refractivity contribution in [3.8, 4) is 0 Å². The number of piperidine rings is 1. The molecule has 0 saturated carbocycles. The van der Waals surface area contributed by atoms with Crippen molar-refractivity contribution in [2.24, 2.45) is 0 Å². The number of carbonyl (C=O) groups excluding carboxylic acids is 1. The van der Waals surface area contributed by atoms with E-state index in [1.807, 2.05) is 0 Å². The van der Waals surface area contributed by atoms with Crippen LogP contribution in [0.2, 0.25) is 0 Å². The van der Waals surface area contributed by atoms with Gasteiger partial charge in [0.05, 0.1) is 6.04 Å². The summed E-state index contributed by atoms with van der Waals surface area (Å²) < 4.78 is 12.7. The van der Waals surface area contributed by atoms with Gasteiger partial charge in [-0.2, -0.15) is 0 Å². The minimum absolute atomic E-state index is 0. The van der Waals surface area contributed by atoms with Crippen LogP contribution in [-0.2, 0) is 11.2 Å². The normalized spacial score (nSPS) is 18.5. The average Bonchev–Trinajstić information content (AvgIpc) is 2.42. The van der Waals surface area contributed by atoms with E-state index in [2.05, 4.69) is 10.6 Å². The molecule has 1 fully saturated rings. The van der Waals surface area contributed by atoms with Crippen LogP contribution in [0.4, 0.5) is 4.39 Å². The molecule has 1 atom stereocenters. The van der Waals surface area contributed by atoms with Crippen LogP contribution in [-0.4, -0.2) is 25.0 Å². The van der Waals surface area contributed by atoms with Gasteiger partial charge in [0.15, 0.2) is 0 Å². The Morgan fingerprint density at radius 3 is 2.68 bits per heavy atom. The van der Waals surface area contributed by atoms with Crippen LogP contribution in [0.5, 0.6) is 0 Å². The maximum Gasteiger partial charge on any atom is 0.237 e. The van der Waals surface area contributed by atoms with Gasteiger partial charge in [0, 0.05) is 6.54 Å². The van der Waals surface area contributed by atoms with Gasteiger partial charge < -0.3 is 10.6 Å². The van der Waals surface area contributed by atoms with E-state index in [0.29, 0.717) is 6.54 Å². The second kappa shape index (κ2) is 8.12. The second-order valence-corrected chi connectivity index (χ2v) is 4.67. The van der Waals surface area contributed by atoms with Crippen LogP contribution in [0, 0.1) is 5.82 Å². The molecule has 0 unspecified atom stereocenters. The molecule has 2 rings (SSSR count). The summed E-state index contributed by atoms with van der Waals surface area (Å²) in [7, 11) is 0. The molecule has 5 heteroatoms. The van der Waals surface area contributed by atoms with Gasteiger partial charge in [-0.1, -0.05) is 18.6 Å². The van der Waals surface area contributed by atoms with Gasteiger partial charge in [-0.05, 0) is 43.5 Å². The molecule has 1 heterocycles. The molecule has 1 aromatic rings. The lowest BCUT2D eigenvalue weighted by molar-refractivity contribution is -0.123. The molecule has 2 N–H and O–H groups in total. The van der Waals surface area contributed by atoms with E-state index in [0.717, 1.165) is 37.8 Å². The molecule has 106 valence electrons. The molecule has 19 heavy (non-hydrogen) atoms. The average molecular weight is 287 g/mol. The summed E-state index contributed by atoms with van der Waals surface area (Å²) in [4.78, 5) is 11.8. The Morgan fingerprint density at radius 1 is 1.32 bits per heavy atom. The molecule has 0 aromatic heterocycles. The third kappa shape index (κ3) is 5.17. The predicted molar refractivity (Wildman–Crippen MR) is 76.0 cm³/mol. The van der Waals surface area contributed by atoms with Gasteiger partial charge in [0.2, 0.25) is 5.91 Å². The lowest BCUT2D eigenvalue weighted by atomic mass is 10.0. The monoisotopic (exact) mass is 286 g/mol. The fourth-order valence-corrected chi connectivity index (χ4v) is 2.18. The topological polar surface area (TPSA) is 41.1 Å². The van der Waals surface area contributed by atoms with Crippen molar-refractivity contribution in [3.63, 3.8) is 0 Å². The van der Waals surface area contributed by atoms with Gasteiger partial charge in [-0.3, -0.25) is 4.79 Å². The number of rotatable bonds is 4. The van der Waals surface area contributed by atoms with Crippen molar-refractivity contribution in [3.05, 3.63) is 35.6 Å². The molecule has 0 aliphatic carbocycles. The Bertz CT molecular complexity index is 391. The smallest absolute Gasteiger partial charge is 0.237 e. The third-order valence-corrected chi connectivity index (χ3v) is 3.25. The quantitative estimate of drug-likeness (QED) is 0.889. The third-order valence-electron chi connectivity index (χ3n) is 3.25. The van der Waals surface area contributed by atoms with Gasteiger partial charge in [0.1, 0.15) is 5.82 Å². The zero-order valence-corrected chi connectivity index (χ0v) is 11.6. The second-order valence-electron chi connectivity index (χ2n) is 4.67. The predicted octanol–water partition coefficient (Wildman–Crippen LogP) is 2.05. The van der Waals surface area contributed by atoms with E-state index >= 15 is 0 Å². The zero-order chi connectivity index (χ0) is 12.8. The van der Waals surface area contributed by atoms with Crippen LogP contribution >= 0.6 is 12.4 Å². The number of nitrogens with one attached hydrogen (secondary N) is 2. The minimum atomic E-state index is -0.228. The molecule has 0 spiro atoms. The molecular weight excluding hydrogens is 267 g/mol. The first-order valence-electron chi connectivity index (χ1n) is 6.51. The standard InChI is InChI=1S/C14H19FN2O.ClH/c15-12-6-4-11(5-7-12)8-10-17-14(18)13-3-1-2-9-16-13;/h4-7,13,16H,1-3,8-10H2,(H,17,18);1H/t13-;/m1./s1. The van der Waals surface area contributed by atoms with Crippen molar-refractivity contribution >= 4 is 18.3 Å². The SMILES string of the molecule is Cl.O=C(NCCc1ccc(F)cc1)[C@H]1CCCCN1. The van der Waals surface area contributed by atoms with Crippen molar-refractivity contribution in [1.82, 2.24) is 10.6 Å². The summed E-state index contributed by atoms with van der Waals surface area (Å²) in [5, 5.41) is 6.13. The molecular formula is C14H20ClFN2O. The fraction of sp³-hybridized carbons (Fsp3) is 0.500. The summed E-state index contributed by atoms with van der Waals surface area (Å²) in [5.41, 5.74) is 1.04. The van der Waals surface area contributed by atoms with Crippen molar-refractivity contribution in [2.45, 2.75) is 31.7 Å². The lowest BCUT2D eigenvalue weighted by Crippen LogP contribution is -2.47. The number of carbonyl (C=O) groups is 1. The molecule has 1 aromatic carbocycles. The highest BCUT2D eigenvalue weighted by Crippen LogP contribution is 2.07. The summed E-state index contributed by atoms with van der Waals surface area (Å²) >= 11 is 0. The zero-order valence-electron chi connectivity index (χ0n) is 10.8. The lowest BCUT2D eigenvalue weighted by Gasteiger charge is -2.22. The summed E-state index contributed by atoms with van der Waals surface area (Å²) in [6.07, 6.45) is 3.92. The highest BCUT2D eigenvalue weighted by molar-refractivity contribution is 5.85. The maximum absolute atomic E-state index is 12.7. The van der Waals surface area contributed by atoms with E-state index in [4.69, 9.17) is 0 Å². The molecule has 1 aliphatic heterocycles. The van der Waals surface area contributed by atoms with Crippen LogP contribution in [0.15, 0.2) is 24.3 Å². The Balaban J connectivity index is 0.00000180. The molecule has 1 amide bonds. The molecule has 3 nitrogen and oxygen atoms in total. The Morgan fingerprint density at radius 2 is 2.05 bits per heavy atom. The number of hydrogen-bond acceptors (Lipinski definition) is 2. The van der Waals surface area contributed by atoms with E-state index in [1.165, 1.54) is 12.1 Å². The van der Waals surface area contributed by atoms with Crippen LogP contribution < -0.4 is 10.6 Å². The Hall–Kier alpha value is -1.13. The Labute approximate surface area is 119 Å². The highest BCUT2D eigenvalue weighted by atomic mass is 35.5. The summed E-state index contributed by atoms with van der Waals surface area (Å²) in [6, 6.07) is 6.35. The maximum atomic E-state index is 12.7. The van der Waals surface area contributed by atoms with Gasteiger partial charge in [-0.15, -0.1) is 12.4 Å². The minimum Gasteiger partial charge on any atom is -0.354 e. The molecule has 0 bridgehead atoms. The molecule has 0 radical (unpaired) electrons. The van der Waals surface area contributed by atoms with Gasteiger partial charge in [-0.25, -0.2) is 4.39 Å². The number of amides is 1.